The van der Waals surface area contributed by atoms with Crippen LogP contribution in [0.3, 0.4) is 0 Å². The van der Waals surface area contributed by atoms with Gasteiger partial charge in [-0.15, -0.1) is 0 Å². The highest BCUT2D eigenvalue weighted by Gasteiger charge is 2.45. The molecule has 2 unspecified atom stereocenters. The lowest BCUT2D eigenvalue weighted by Crippen LogP contribution is -2.52. The van der Waals surface area contributed by atoms with Crippen LogP contribution in [-0.4, -0.2) is 52.1 Å². The zero-order valence-electron chi connectivity index (χ0n) is 17.4. The van der Waals surface area contributed by atoms with Crippen LogP contribution < -0.4 is 0 Å². The molecule has 0 bridgehead atoms. The Morgan fingerprint density at radius 2 is 1.90 bits per heavy atom. The van der Waals surface area contributed by atoms with E-state index in [1.165, 1.54) is 0 Å². The third-order valence-electron chi connectivity index (χ3n) is 5.31. The summed E-state index contributed by atoms with van der Waals surface area (Å²) in [5.41, 5.74) is 0.388. The predicted octanol–water partition coefficient (Wildman–Crippen LogP) is 3.98. The molecule has 2 fully saturated rings. The first-order valence-electron chi connectivity index (χ1n) is 10.2. The van der Waals surface area contributed by atoms with Crippen LogP contribution in [0.4, 0.5) is 4.79 Å². The van der Waals surface area contributed by atoms with E-state index in [4.69, 9.17) is 4.74 Å². The van der Waals surface area contributed by atoms with Crippen LogP contribution in [0.15, 0.2) is 36.4 Å². The molecule has 29 heavy (non-hydrogen) atoms. The lowest BCUT2D eigenvalue weighted by atomic mass is 10.1. The van der Waals surface area contributed by atoms with Gasteiger partial charge in [-0.25, -0.2) is 4.79 Å². The summed E-state index contributed by atoms with van der Waals surface area (Å²) in [6.07, 6.45) is 6.23. The van der Waals surface area contributed by atoms with Gasteiger partial charge >= 0.3 is 6.09 Å². The number of amides is 2. The van der Waals surface area contributed by atoms with Crippen LogP contribution in [-0.2, 0) is 9.53 Å². The van der Waals surface area contributed by atoms with Crippen molar-refractivity contribution in [3.63, 3.8) is 0 Å². The topological polar surface area (TPSA) is 73.6 Å². The van der Waals surface area contributed by atoms with E-state index >= 15 is 0 Å². The van der Waals surface area contributed by atoms with Crippen LogP contribution in [0.1, 0.15) is 52.0 Å². The number of ether oxygens (including phenoxy) is 1. The first kappa shape index (κ1) is 20.9. The lowest BCUT2D eigenvalue weighted by Gasteiger charge is -2.33. The minimum absolute atomic E-state index is 0.143. The van der Waals surface area contributed by atoms with E-state index in [9.17, 15) is 14.9 Å². The zero-order chi connectivity index (χ0) is 21.0. The van der Waals surface area contributed by atoms with Crippen molar-refractivity contribution in [3.8, 4) is 6.07 Å². The Morgan fingerprint density at radius 3 is 2.55 bits per heavy atom. The second-order valence-corrected chi connectivity index (χ2v) is 8.64. The molecule has 3 atom stereocenters. The van der Waals surface area contributed by atoms with Crippen LogP contribution in [0.2, 0.25) is 0 Å². The standard InChI is InChI=1S/C23H29N3O3/c1-23(2,3)29-22(28)26-18(12-11-17-8-5-4-6-9-17)13-14-20(26)21(27)25-15-7-10-19(25)16-24/h4-6,8-9,11-12,18-20H,7,10,13-15H2,1-3H3/t18?,19-,20?/m0/s1. The molecule has 6 nitrogen and oxygen atoms in total. The Balaban J connectivity index is 1.83. The molecule has 0 N–H and O–H groups in total. The number of benzene rings is 1. The van der Waals surface area contributed by atoms with Crippen LogP contribution in [0, 0.1) is 11.3 Å². The number of carbonyl (C=O) groups is 2. The third kappa shape index (κ3) is 4.97. The van der Waals surface area contributed by atoms with Gasteiger partial charge < -0.3 is 9.64 Å². The fraction of sp³-hybridized carbons (Fsp3) is 0.522. The number of hydrogen-bond donors (Lipinski definition) is 0. The summed E-state index contributed by atoms with van der Waals surface area (Å²) in [6.45, 7) is 6.02. The molecule has 0 saturated carbocycles. The smallest absolute Gasteiger partial charge is 0.411 e. The van der Waals surface area contributed by atoms with Gasteiger partial charge in [0.15, 0.2) is 0 Å². The molecular formula is C23H29N3O3. The highest BCUT2D eigenvalue weighted by molar-refractivity contribution is 5.87. The highest BCUT2D eigenvalue weighted by Crippen LogP contribution is 2.31. The van der Waals surface area contributed by atoms with Crippen LogP contribution in [0.25, 0.3) is 6.08 Å². The summed E-state index contributed by atoms with van der Waals surface area (Å²) in [7, 11) is 0. The molecule has 0 aliphatic carbocycles. The number of likely N-dealkylation sites (tertiary alicyclic amines) is 2. The molecule has 2 amide bonds. The summed E-state index contributed by atoms with van der Waals surface area (Å²) < 4.78 is 5.62. The van der Waals surface area contributed by atoms with Crippen molar-refractivity contribution in [1.29, 1.82) is 5.26 Å². The van der Waals surface area contributed by atoms with Gasteiger partial charge in [-0.1, -0.05) is 42.5 Å². The van der Waals surface area contributed by atoms with Gasteiger partial charge in [0.05, 0.1) is 12.1 Å². The summed E-state index contributed by atoms with van der Waals surface area (Å²) in [5.74, 6) is -0.143. The zero-order valence-corrected chi connectivity index (χ0v) is 17.4. The number of hydrogen-bond acceptors (Lipinski definition) is 4. The second-order valence-electron chi connectivity index (χ2n) is 8.64. The second kappa shape index (κ2) is 8.69. The fourth-order valence-corrected chi connectivity index (χ4v) is 3.99. The molecule has 154 valence electrons. The van der Waals surface area contributed by atoms with E-state index in [1.54, 1.807) is 9.80 Å². The monoisotopic (exact) mass is 395 g/mol. The molecule has 3 rings (SSSR count). The first-order valence-corrected chi connectivity index (χ1v) is 10.2. The third-order valence-corrected chi connectivity index (χ3v) is 5.31. The molecule has 2 saturated heterocycles. The molecule has 6 heteroatoms. The van der Waals surface area contributed by atoms with E-state index in [0.29, 0.717) is 25.8 Å². The summed E-state index contributed by atoms with van der Waals surface area (Å²) in [5, 5.41) is 9.36. The van der Waals surface area contributed by atoms with E-state index < -0.39 is 23.8 Å². The summed E-state index contributed by atoms with van der Waals surface area (Å²) in [4.78, 5) is 29.4. The van der Waals surface area contributed by atoms with E-state index in [0.717, 1.165) is 12.0 Å². The van der Waals surface area contributed by atoms with Gasteiger partial charge in [0, 0.05) is 6.54 Å². The Hall–Kier alpha value is -2.81. The summed E-state index contributed by atoms with van der Waals surface area (Å²) >= 11 is 0. The predicted molar refractivity (Wildman–Crippen MR) is 111 cm³/mol. The SMILES string of the molecule is CC(C)(C)OC(=O)N1C(C=Cc2ccccc2)CCC1C(=O)N1CCC[C@H]1C#N. The molecule has 0 aromatic heterocycles. The maximum Gasteiger partial charge on any atom is 0.411 e. The largest absolute Gasteiger partial charge is 0.444 e. The van der Waals surface area contributed by atoms with Crippen molar-refractivity contribution in [3.05, 3.63) is 42.0 Å². The Morgan fingerprint density at radius 1 is 1.17 bits per heavy atom. The van der Waals surface area contributed by atoms with E-state index in [1.807, 2.05) is 63.3 Å². The minimum atomic E-state index is -0.649. The van der Waals surface area contributed by atoms with Crippen molar-refractivity contribution in [1.82, 2.24) is 9.80 Å². The van der Waals surface area contributed by atoms with E-state index in [2.05, 4.69) is 6.07 Å². The fourth-order valence-electron chi connectivity index (χ4n) is 3.99. The maximum absolute atomic E-state index is 13.2. The van der Waals surface area contributed by atoms with E-state index in [-0.39, 0.29) is 11.9 Å². The molecular weight excluding hydrogens is 366 g/mol. The van der Waals surface area contributed by atoms with Gasteiger partial charge in [0.2, 0.25) is 5.91 Å². The summed E-state index contributed by atoms with van der Waals surface area (Å²) in [6, 6.07) is 10.9. The normalized spacial score (nSPS) is 24.7. The van der Waals surface area contributed by atoms with Crippen molar-refractivity contribution in [2.75, 3.05) is 6.54 Å². The van der Waals surface area contributed by atoms with Crippen molar-refractivity contribution in [2.45, 2.75) is 70.2 Å². The minimum Gasteiger partial charge on any atom is -0.444 e. The first-order chi connectivity index (χ1) is 13.8. The highest BCUT2D eigenvalue weighted by atomic mass is 16.6. The molecule has 2 aliphatic rings. The maximum atomic E-state index is 13.2. The Labute approximate surface area is 172 Å². The van der Waals surface area contributed by atoms with Gasteiger partial charge in [0.25, 0.3) is 0 Å². The average molecular weight is 396 g/mol. The lowest BCUT2D eigenvalue weighted by molar-refractivity contribution is -0.136. The molecule has 2 heterocycles. The average Bonchev–Trinajstić information content (AvgIpc) is 3.32. The van der Waals surface area contributed by atoms with Gasteiger partial charge in [-0.3, -0.25) is 9.69 Å². The van der Waals surface area contributed by atoms with Crippen molar-refractivity contribution >= 4 is 18.1 Å². The Bertz CT molecular complexity index is 807. The number of nitriles is 1. The molecule has 0 spiro atoms. The van der Waals surface area contributed by atoms with Crippen molar-refractivity contribution in [2.24, 2.45) is 0 Å². The number of rotatable bonds is 3. The van der Waals surface area contributed by atoms with Gasteiger partial charge in [-0.2, -0.15) is 5.26 Å². The van der Waals surface area contributed by atoms with Gasteiger partial charge in [-0.05, 0) is 52.0 Å². The molecule has 1 aromatic carbocycles. The number of nitrogens with zero attached hydrogens (tertiary/aromatic N) is 3. The molecule has 2 aliphatic heterocycles. The quantitative estimate of drug-likeness (QED) is 0.776. The van der Waals surface area contributed by atoms with Crippen molar-refractivity contribution < 1.29 is 14.3 Å². The van der Waals surface area contributed by atoms with Crippen LogP contribution >= 0.6 is 0 Å². The Kier molecular flexibility index (Phi) is 6.26. The number of carbonyl (C=O) groups excluding carboxylic acids is 2. The van der Waals surface area contributed by atoms with Crippen LogP contribution in [0.5, 0.6) is 0 Å². The molecule has 1 aromatic rings. The van der Waals surface area contributed by atoms with Gasteiger partial charge in [0.1, 0.15) is 17.7 Å². The molecule has 0 radical (unpaired) electrons.